The highest BCUT2D eigenvalue weighted by Crippen LogP contribution is 2.23. The fourth-order valence-electron chi connectivity index (χ4n) is 1.84. The Labute approximate surface area is 129 Å². The molecule has 2 heterocycles. The molecule has 0 aromatic carbocycles. The molecular weight excluding hydrogens is 284 g/mol. The minimum atomic E-state index is 0.0591. The summed E-state index contributed by atoms with van der Waals surface area (Å²) in [6, 6.07) is 0. The van der Waals surface area contributed by atoms with Gasteiger partial charge in [0.2, 0.25) is 5.91 Å². The van der Waals surface area contributed by atoms with Gasteiger partial charge in [-0.05, 0) is 6.42 Å². The number of imidazole rings is 1. The van der Waals surface area contributed by atoms with E-state index in [1.807, 2.05) is 10.8 Å². The lowest BCUT2D eigenvalue weighted by Crippen LogP contribution is -2.23. The van der Waals surface area contributed by atoms with Crippen LogP contribution in [0.5, 0.6) is 0 Å². The average molecular weight is 306 g/mol. The molecule has 0 bridgehead atoms. The summed E-state index contributed by atoms with van der Waals surface area (Å²) in [4.78, 5) is 20.3. The van der Waals surface area contributed by atoms with Gasteiger partial charge in [-0.15, -0.1) is 11.3 Å². The molecular formula is C15H22N4OS. The van der Waals surface area contributed by atoms with Crippen LogP contribution in [0.4, 0.5) is 0 Å². The zero-order valence-electron chi connectivity index (χ0n) is 12.8. The number of nitrogens with zero attached hydrogens (tertiary/aromatic N) is 3. The summed E-state index contributed by atoms with van der Waals surface area (Å²) in [6.45, 7) is 7.76. The van der Waals surface area contributed by atoms with E-state index in [-0.39, 0.29) is 11.3 Å². The van der Waals surface area contributed by atoms with Gasteiger partial charge in [-0.2, -0.15) is 0 Å². The lowest BCUT2D eigenvalue weighted by atomic mass is 9.93. The molecule has 0 atom stereocenters. The third kappa shape index (κ3) is 4.97. The highest BCUT2D eigenvalue weighted by Gasteiger charge is 2.17. The van der Waals surface area contributed by atoms with Crippen molar-refractivity contribution in [2.24, 2.45) is 0 Å². The van der Waals surface area contributed by atoms with E-state index in [1.165, 1.54) is 0 Å². The van der Waals surface area contributed by atoms with Gasteiger partial charge in [0.1, 0.15) is 5.01 Å². The fourth-order valence-corrected chi connectivity index (χ4v) is 2.80. The second kappa shape index (κ2) is 6.85. The van der Waals surface area contributed by atoms with E-state index >= 15 is 0 Å². The Morgan fingerprint density at radius 3 is 2.86 bits per heavy atom. The van der Waals surface area contributed by atoms with Crippen LogP contribution in [0.2, 0.25) is 0 Å². The average Bonchev–Trinajstić information content (AvgIpc) is 3.06. The van der Waals surface area contributed by atoms with Gasteiger partial charge in [0.15, 0.2) is 0 Å². The van der Waals surface area contributed by atoms with Gasteiger partial charge in [0.25, 0.3) is 0 Å². The van der Waals surface area contributed by atoms with Crippen molar-refractivity contribution in [2.75, 3.05) is 0 Å². The standard InChI is InChI=1S/C15H22N4OS/c1-15(2,3)12-10-21-14(18-12)9-17-13(20)5-4-7-19-8-6-16-11-19/h6,8,10-11H,4-5,7,9H2,1-3H3,(H,17,20). The first kappa shape index (κ1) is 15.7. The lowest BCUT2D eigenvalue weighted by molar-refractivity contribution is -0.121. The summed E-state index contributed by atoms with van der Waals surface area (Å²) >= 11 is 1.60. The molecule has 6 heteroatoms. The summed E-state index contributed by atoms with van der Waals surface area (Å²) in [5, 5.41) is 5.96. The van der Waals surface area contributed by atoms with Crippen LogP contribution >= 0.6 is 11.3 Å². The molecule has 0 spiro atoms. The van der Waals surface area contributed by atoms with Gasteiger partial charge in [-0.1, -0.05) is 20.8 Å². The van der Waals surface area contributed by atoms with Gasteiger partial charge in [-0.3, -0.25) is 4.79 Å². The molecule has 21 heavy (non-hydrogen) atoms. The molecule has 2 rings (SSSR count). The highest BCUT2D eigenvalue weighted by molar-refractivity contribution is 7.09. The number of nitrogens with one attached hydrogen (secondary N) is 1. The number of rotatable bonds is 6. The van der Waals surface area contributed by atoms with E-state index in [1.54, 1.807) is 23.9 Å². The van der Waals surface area contributed by atoms with Crippen LogP contribution in [0.1, 0.15) is 44.3 Å². The van der Waals surface area contributed by atoms with Crippen LogP contribution in [0.3, 0.4) is 0 Å². The van der Waals surface area contributed by atoms with Crippen molar-refractivity contribution in [3.63, 3.8) is 0 Å². The summed E-state index contributed by atoms with van der Waals surface area (Å²) in [6.07, 6.45) is 6.75. The molecule has 1 amide bonds. The molecule has 0 fully saturated rings. The molecule has 1 N–H and O–H groups in total. The number of hydrogen-bond acceptors (Lipinski definition) is 4. The largest absolute Gasteiger partial charge is 0.350 e. The first-order chi connectivity index (χ1) is 9.95. The number of carbonyl (C=O) groups is 1. The number of aryl methyl sites for hydroxylation is 1. The normalized spacial score (nSPS) is 11.6. The third-order valence-electron chi connectivity index (χ3n) is 3.14. The van der Waals surface area contributed by atoms with Crippen molar-refractivity contribution in [3.8, 4) is 0 Å². The first-order valence-corrected chi connectivity index (χ1v) is 8.00. The molecule has 0 aliphatic rings. The van der Waals surface area contributed by atoms with E-state index in [9.17, 15) is 4.79 Å². The molecule has 0 saturated heterocycles. The second-order valence-electron chi connectivity index (χ2n) is 6.06. The highest BCUT2D eigenvalue weighted by atomic mass is 32.1. The Kier molecular flexibility index (Phi) is 5.12. The first-order valence-electron chi connectivity index (χ1n) is 7.12. The van der Waals surface area contributed by atoms with Crippen molar-refractivity contribution in [3.05, 3.63) is 34.8 Å². The van der Waals surface area contributed by atoms with Crippen LogP contribution in [-0.4, -0.2) is 20.4 Å². The zero-order chi connectivity index (χ0) is 15.3. The fraction of sp³-hybridized carbons (Fsp3) is 0.533. The number of amides is 1. The van der Waals surface area contributed by atoms with E-state index in [0.717, 1.165) is 23.7 Å². The topological polar surface area (TPSA) is 59.8 Å². The number of aromatic nitrogens is 3. The van der Waals surface area contributed by atoms with Crippen LogP contribution in [0.15, 0.2) is 24.1 Å². The van der Waals surface area contributed by atoms with E-state index < -0.39 is 0 Å². The Bertz CT molecular complexity index is 569. The summed E-state index contributed by atoms with van der Waals surface area (Å²) in [5.74, 6) is 0.0719. The van der Waals surface area contributed by atoms with Crippen molar-refractivity contribution < 1.29 is 4.79 Å². The van der Waals surface area contributed by atoms with Gasteiger partial charge >= 0.3 is 0 Å². The summed E-state index contributed by atoms with van der Waals surface area (Å²) in [7, 11) is 0. The minimum absolute atomic E-state index is 0.0591. The van der Waals surface area contributed by atoms with Crippen molar-refractivity contribution in [1.29, 1.82) is 0 Å². The van der Waals surface area contributed by atoms with Crippen LogP contribution < -0.4 is 5.32 Å². The Morgan fingerprint density at radius 2 is 2.24 bits per heavy atom. The number of hydrogen-bond donors (Lipinski definition) is 1. The molecule has 0 unspecified atom stereocenters. The molecule has 2 aromatic rings. The number of thiazole rings is 1. The van der Waals surface area contributed by atoms with E-state index in [2.05, 4.69) is 41.4 Å². The molecule has 2 aromatic heterocycles. The van der Waals surface area contributed by atoms with Gasteiger partial charge in [0.05, 0.1) is 18.6 Å². The van der Waals surface area contributed by atoms with Crippen molar-refractivity contribution in [1.82, 2.24) is 19.9 Å². The lowest BCUT2D eigenvalue weighted by Gasteiger charge is -2.14. The van der Waals surface area contributed by atoms with E-state index in [4.69, 9.17) is 0 Å². The van der Waals surface area contributed by atoms with Crippen molar-refractivity contribution in [2.45, 2.75) is 52.1 Å². The molecule has 0 aliphatic carbocycles. The maximum absolute atomic E-state index is 11.8. The Balaban J connectivity index is 1.70. The molecule has 0 aliphatic heterocycles. The molecule has 0 saturated carbocycles. The minimum Gasteiger partial charge on any atom is -0.350 e. The second-order valence-corrected chi connectivity index (χ2v) is 7.00. The van der Waals surface area contributed by atoms with Crippen molar-refractivity contribution >= 4 is 17.2 Å². The monoisotopic (exact) mass is 306 g/mol. The van der Waals surface area contributed by atoms with E-state index in [0.29, 0.717) is 13.0 Å². The van der Waals surface area contributed by atoms with Crippen LogP contribution in [0, 0.1) is 0 Å². The molecule has 0 radical (unpaired) electrons. The van der Waals surface area contributed by atoms with Crippen LogP contribution in [0.25, 0.3) is 0 Å². The Hall–Kier alpha value is -1.69. The smallest absolute Gasteiger partial charge is 0.220 e. The SMILES string of the molecule is CC(C)(C)c1csc(CNC(=O)CCCn2ccnc2)n1. The van der Waals surface area contributed by atoms with Gasteiger partial charge < -0.3 is 9.88 Å². The van der Waals surface area contributed by atoms with Crippen LogP contribution in [-0.2, 0) is 23.3 Å². The van der Waals surface area contributed by atoms with Gasteiger partial charge in [0, 0.05) is 36.2 Å². The third-order valence-corrected chi connectivity index (χ3v) is 3.99. The van der Waals surface area contributed by atoms with Gasteiger partial charge in [-0.25, -0.2) is 9.97 Å². The maximum atomic E-state index is 11.8. The maximum Gasteiger partial charge on any atom is 0.220 e. The Morgan fingerprint density at radius 1 is 1.43 bits per heavy atom. The number of carbonyl (C=O) groups excluding carboxylic acids is 1. The predicted molar refractivity (Wildman–Crippen MR) is 84.1 cm³/mol. The molecule has 5 nitrogen and oxygen atoms in total. The summed E-state index contributed by atoms with van der Waals surface area (Å²) in [5.41, 5.74) is 1.14. The molecule has 114 valence electrons. The quantitative estimate of drug-likeness (QED) is 0.892. The predicted octanol–water partition coefficient (Wildman–Crippen LogP) is 2.73. The summed E-state index contributed by atoms with van der Waals surface area (Å²) < 4.78 is 1.98. The zero-order valence-corrected chi connectivity index (χ0v) is 13.6.